The maximum absolute atomic E-state index is 12.5. The van der Waals surface area contributed by atoms with Crippen LogP contribution in [0.5, 0.6) is 0 Å². The number of ether oxygens (including phenoxy) is 1. The molecule has 0 aliphatic heterocycles. The van der Waals surface area contributed by atoms with E-state index < -0.39 is 12.1 Å². The first kappa shape index (κ1) is 65.3. The molecule has 0 rings (SSSR count). The van der Waals surface area contributed by atoms with Gasteiger partial charge in [-0.1, -0.05) is 282 Å². The van der Waals surface area contributed by atoms with Gasteiger partial charge in [0, 0.05) is 12.8 Å². The fourth-order valence-electron chi connectivity index (χ4n) is 9.38. The quantitative estimate of drug-likeness (QED) is 0.0321. The second kappa shape index (κ2) is 56.9. The first-order chi connectivity index (χ1) is 33.0. The molecule has 6 nitrogen and oxygen atoms in total. The standard InChI is InChI=1S/C61H117NO5/c1-3-5-7-9-11-13-15-17-19-20-24-27-31-35-39-43-47-51-55-61(66)67-56-52-48-44-40-36-32-28-25-22-21-23-26-30-34-38-42-46-50-54-60(65)62-58(57-63)59(64)53-49-45-41-37-33-29-18-16-14-12-10-8-6-4-2/h13,15,19-20,58-59,63-64H,3-12,14,16-18,21-57H2,1-2H3,(H,62,65)/b15-13-,20-19-. The third kappa shape index (κ3) is 53.5. The van der Waals surface area contributed by atoms with Gasteiger partial charge in [0.1, 0.15) is 0 Å². The molecule has 0 aliphatic carbocycles. The molecule has 2 atom stereocenters. The van der Waals surface area contributed by atoms with Crippen molar-refractivity contribution >= 4 is 11.9 Å². The summed E-state index contributed by atoms with van der Waals surface area (Å²) in [6.45, 7) is 4.94. The molecule has 3 N–H and O–H groups in total. The van der Waals surface area contributed by atoms with E-state index in [9.17, 15) is 19.8 Å². The van der Waals surface area contributed by atoms with Gasteiger partial charge >= 0.3 is 5.97 Å². The zero-order chi connectivity index (χ0) is 48.6. The molecule has 0 aliphatic rings. The van der Waals surface area contributed by atoms with Gasteiger partial charge in [0.05, 0.1) is 25.4 Å². The van der Waals surface area contributed by atoms with Crippen LogP contribution < -0.4 is 5.32 Å². The number of nitrogens with one attached hydrogen (secondary N) is 1. The van der Waals surface area contributed by atoms with Gasteiger partial charge in [0.2, 0.25) is 5.91 Å². The predicted molar refractivity (Wildman–Crippen MR) is 292 cm³/mol. The van der Waals surface area contributed by atoms with Crippen molar-refractivity contribution in [3.05, 3.63) is 24.3 Å². The second-order valence-electron chi connectivity index (χ2n) is 20.7. The highest BCUT2D eigenvalue weighted by Crippen LogP contribution is 2.17. The number of rotatable bonds is 56. The summed E-state index contributed by atoms with van der Waals surface area (Å²) in [4.78, 5) is 24.6. The topological polar surface area (TPSA) is 95.9 Å². The Bertz CT molecular complexity index is 1040. The lowest BCUT2D eigenvalue weighted by Crippen LogP contribution is -2.45. The zero-order valence-electron chi connectivity index (χ0n) is 45.1. The summed E-state index contributed by atoms with van der Waals surface area (Å²) >= 11 is 0. The summed E-state index contributed by atoms with van der Waals surface area (Å²) in [5, 5.41) is 23.3. The summed E-state index contributed by atoms with van der Waals surface area (Å²) in [6.07, 6.45) is 68.8. The van der Waals surface area contributed by atoms with Crippen molar-refractivity contribution in [1.29, 1.82) is 0 Å². The van der Waals surface area contributed by atoms with Crippen molar-refractivity contribution in [1.82, 2.24) is 5.32 Å². The lowest BCUT2D eigenvalue weighted by molar-refractivity contribution is -0.143. The molecule has 0 spiro atoms. The van der Waals surface area contributed by atoms with Crippen LogP contribution in [0.3, 0.4) is 0 Å². The summed E-state index contributed by atoms with van der Waals surface area (Å²) in [7, 11) is 0. The lowest BCUT2D eigenvalue weighted by atomic mass is 10.0. The smallest absolute Gasteiger partial charge is 0.305 e. The Hall–Kier alpha value is -1.66. The maximum Gasteiger partial charge on any atom is 0.305 e. The van der Waals surface area contributed by atoms with Crippen LogP contribution in [0, 0.1) is 0 Å². The maximum atomic E-state index is 12.5. The van der Waals surface area contributed by atoms with Crippen LogP contribution in [0.2, 0.25) is 0 Å². The first-order valence-electron chi connectivity index (χ1n) is 30.1. The third-order valence-electron chi connectivity index (χ3n) is 14.0. The minimum absolute atomic E-state index is 0.000405. The molecule has 2 unspecified atom stereocenters. The van der Waals surface area contributed by atoms with Crippen LogP contribution >= 0.6 is 0 Å². The van der Waals surface area contributed by atoms with Gasteiger partial charge < -0.3 is 20.3 Å². The van der Waals surface area contributed by atoms with Gasteiger partial charge in [0.15, 0.2) is 0 Å². The Kier molecular flexibility index (Phi) is 55.5. The van der Waals surface area contributed by atoms with E-state index in [0.29, 0.717) is 25.9 Å². The number of hydrogen-bond donors (Lipinski definition) is 3. The number of aliphatic hydroxyl groups excluding tert-OH is 2. The highest BCUT2D eigenvalue weighted by molar-refractivity contribution is 5.76. The van der Waals surface area contributed by atoms with E-state index in [4.69, 9.17) is 4.74 Å². The van der Waals surface area contributed by atoms with Crippen LogP contribution in [0.15, 0.2) is 24.3 Å². The largest absolute Gasteiger partial charge is 0.466 e. The highest BCUT2D eigenvalue weighted by atomic mass is 16.5. The van der Waals surface area contributed by atoms with Crippen molar-refractivity contribution in [3.8, 4) is 0 Å². The molecule has 1 amide bonds. The molecule has 0 saturated heterocycles. The van der Waals surface area contributed by atoms with Crippen LogP contribution in [0.25, 0.3) is 0 Å². The van der Waals surface area contributed by atoms with Gasteiger partial charge in [-0.25, -0.2) is 0 Å². The van der Waals surface area contributed by atoms with Crippen LogP contribution in [-0.2, 0) is 14.3 Å². The number of esters is 1. The molecule has 396 valence electrons. The van der Waals surface area contributed by atoms with Crippen molar-refractivity contribution in [2.75, 3.05) is 13.2 Å². The first-order valence-corrected chi connectivity index (χ1v) is 30.1. The summed E-state index contributed by atoms with van der Waals surface area (Å²) < 4.78 is 5.49. The Morgan fingerprint density at radius 3 is 1.15 bits per heavy atom. The molecule has 0 aromatic carbocycles. The minimum atomic E-state index is -0.666. The van der Waals surface area contributed by atoms with Gasteiger partial charge in [-0.05, 0) is 57.8 Å². The van der Waals surface area contributed by atoms with E-state index in [0.717, 1.165) is 51.4 Å². The van der Waals surface area contributed by atoms with Gasteiger partial charge in [0.25, 0.3) is 0 Å². The SMILES string of the molecule is CCCCCC/C=C\C/C=C\CCCCCCCCCC(=O)OCCCCCCCCCCCCCCCCCCCCC(=O)NC(CO)C(O)CCCCCCCCCCCCCCCC. The fraction of sp³-hybridized carbons (Fsp3) is 0.902. The minimum Gasteiger partial charge on any atom is -0.466 e. The number of unbranched alkanes of at least 4 members (excludes halogenated alkanes) is 41. The lowest BCUT2D eigenvalue weighted by Gasteiger charge is -2.22. The van der Waals surface area contributed by atoms with Crippen molar-refractivity contribution in [3.63, 3.8) is 0 Å². The van der Waals surface area contributed by atoms with E-state index in [-0.39, 0.29) is 18.5 Å². The molecule has 0 fully saturated rings. The highest BCUT2D eigenvalue weighted by Gasteiger charge is 2.20. The van der Waals surface area contributed by atoms with E-state index in [1.165, 1.54) is 244 Å². The van der Waals surface area contributed by atoms with Crippen molar-refractivity contribution in [2.45, 2.75) is 341 Å². The van der Waals surface area contributed by atoms with E-state index in [2.05, 4.69) is 43.5 Å². The third-order valence-corrected chi connectivity index (χ3v) is 14.0. The molecular weight excluding hydrogens is 827 g/mol. The average Bonchev–Trinajstić information content (AvgIpc) is 3.33. The molecule has 0 saturated carbocycles. The number of amides is 1. The monoisotopic (exact) mass is 944 g/mol. The normalized spacial score (nSPS) is 12.7. The Morgan fingerprint density at radius 1 is 0.418 bits per heavy atom. The van der Waals surface area contributed by atoms with Crippen molar-refractivity contribution < 1.29 is 24.5 Å². The van der Waals surface area contributed by atoms with Crippen LogP contribution in [-0.4, -0.2) is 47.4 Å². The number of allylic oxidation sites excluding steroid dienone is 4. The molecule has 6 heteroatoms. The van der Waals surface area contributed by atoms with Crippen LogP contribution in [0.4, 0.5) is 0 Å². The average molecular weight is 945 g/mol. The number of hydrogen-bond acceptors (Lipinski definition) is 5. The number of carbonyl (C=O) groups excluding carboxylic acids is 2. The summed E-state index contributed by atoms with van der Waals surface area (Å²) in [5.41, 5.74) is 0. The summed E-state index contributed by atoms with van der Waals surface area (Å²) in [6, 6.07) is -0.544. The number of aliphatic hydroxyl groups is 2. The molecule has 0 aromatic rings. The van der Waals surface area contributed by atoms with E-state index >= 15 is 0 Å². The van der Waals surface area contributed by atoms with Crippen molar-refractivity contribution in [2.24, 2.45) is 0 Å². The molecule has 0 heterocycles. The summed E-state index contributed by atoms with van der Waals surface area (Å²) in [5.74, 6) is -0.0374. The van der Waals surface area contributed by atoms with Gasteiger partial charge in [-0.15, -0.1) is 0 Å². The zero-order valence-corrected chi connectivity index (χ0v) is 45.1. The molecule has 0 aromatic heterocycles. The predicted octanol–water partition coefficient (Wildman–Crippen LogP) is 18.6. The fourth-order valence-corrected chi connectivity index (χ4v) is 9.38. The number of carbonyl (C=O) groups is 2. The Balaban J connectivity index is 3.39. The second-order valence-corrected chi connectivity index (χ2v) is 20.7. The Labute approximate surface area is 418 Å². The van der Waals surface area contributed by atoms with E-state index in [1.54, 1.807) is 0 Å². The van der Waals surface area contributed by atoms with Crippen LogP contribution in [0.1, 0.15) is 328 Å². The molecular formula is C61H117NO5. The molecule has 0 bridgehead atoms. The van der Waals surface area contributed by atoms with Gasteiger partial charge in [-0.2, -0.15) is 0 Å². The Morgan fingerprint density at radius 2 is 0.746 bits per heavy atom. The van der Waals surface area contributed by atoms with E-state index in [1.807, 2.05) is 0 Å². The molecule has 0 radical (unpaired) electrons. The van der Waals surface area contributed by atoms with Gasteiger partial charge in [-0.3, -0.25) is 9.59 Å². The molecule has 67 heavy (non-hydrogen) atoms.